The van der Waals surface area contributed by atoms with Crippen LogP contribution in [0, 0.1) is 5.41 Å². The van der Waals surface area contributed by atoms with Crippen LogP contribution in [0.3, 0.4) is 0 Å². The van der Waals surface area contributed by atoms with Crippen molar-refractivity contribution in [1.29, 1.82) is 0 Å². The molecule has 1 aromatic carbocycles. The number of aliphatic imine (C=N–C) groups is 1. The van der Waals surface area contributed by atoms with Gasteiger partial charge in [0.1, 0.15) is 11.5 Å². The Labute approximate surface area is 127 Å². The molecular weight excluding hydrogens is 266 g/mol. The monoisotopic (exact) mass is 291 g/mol. The van der Waals surface area contributed by atoms with E-state index >= 15 is 0 Å². The van der Waals surface area contributed by atoms with Gasteiger partial charge in [-0.2, -0.15) is 0 Å². The minimum atomic E-state index is -0.000528. The van der Waals surface area contributed by atoms with E-state index < -0.39 is 0 Å². The summed E-state index contributed by atoms with van der Waals surface area (Å²) in [5, 5.41) is 0. The van der Waals surface area contributed by atoms with Gasteiger partial charge in [-0.3, -0.25) is 9.79 Å². The van der Waals surface area contributed by atoms with Crippen molar-refractivity contribution in [1.82, 2.24) is 0 Å². The van der Waals surface area contributed by atoms with Crippen molar-refractivity contribution in [2.75, 3.05) is 20.8 Å². The third-order valence-corrected chi connectivity index (χ3v) is 3.39. The van der Waals surface area contributed by atoms with Crippen LogP contribution in [0.5, 0.6) is 11.5 Å². The first kappa shape index (κ1) is 17.2. The van der Waals surface area contributed by atoms with Crippen molar-refractivity contribution < 1.29 is 14.3 Å². The number of ketones is 1. The van der Waals surface area contributed by atoms with E-state index in [1.165, 1.54) is 0 Å². The van der Waals surface area contributed by atoms with Gasteiger partial charge < -0.3 is 9.47 Å². The third-order valence-electron chi connectivity index (χ3n) is 3.39. The molecule has 0 fully saturated rings. The minimum Gasteiger partial charge on any atom is -0.497 e. The number of rotatable bonds is 6. The largest absolute Gasteiger partial charge is 0.497 e. The van der Waals surface area contributed by atoms with Gasteiger partial charge >= 0.3 is 0 Å². The first-order valence-corrected chi connectivity index (χ1v) is 7.01. The van der Waals surface area contributed by atoms with Crippen molar-refractivity contribution in [3.8, 4) is 11.5 Å². The first-order chi connectivity index (χ1) is 9.76. The van der Waals surface area contributed by atoms with Gasteiger partial charge in [0.25, 0.3) is 0 Å². The maximum Gasteiger partial charge on any atom is 0.158 e. The quantitative estimate of drug-likeness (QED) is 0.755. The Morgan fingerprint density at radius 2 is 1.62 bits per heavy atom. The minimum absolute atomic E-state index is 0.000528. The molecule has 0 radical (unpaired) electrons. The number of ether oxygens (including phenoxy) is 2. The van der Waals surface area contributed by atoms with Crippen LogP contribution in [-0.2, 0) is 11.2 Å². The summed E-state index contributed by atoms with van der Waals surface area (Å²) in [6, 6.07) is 5.48. The third kappa shape index (κ3) is 5.58. The van der Waals surface area contributed by atoms with Crippen molar-refractivity contribution in [2.24, 2.45) is 10.4 Å². The number of hydrogen-bond acceptors (Lipinski definition) is 4. The van der Waals surface area contributed by atoms with Crippen LogP contribution in [-0.4, -0.2) is 32.3 Å². The second kappa shape index (κ2) is 7.25. The molecule has 21 heavy (non-hydrogen) atoms. The number of benzene rings is 1. The van der Waals surface area contributed by atoms with E-state index in [4.69, 9.17) is 9.47 Å². The van der Waals surface area contributed by atoms with Crippen LogP contribution in [0.15, 0.2) is 23.2 Å². The lowest BCUT2D eigenvalue weighted by Crippen LogP contribution is -2.19. The van der Waals surface area contributed by atoms with Gasteiger partial charge in [0.2, 0.25) is 0 Å². The summed E-state index contributed by atoms with van der Waals surface area (Å²) in [4.78, 5) is 16.4. The lowest BCUT2D eigenvalue weighted by Gasteiger charge is -2.17. The molecule has 0 aliphatic rings. The maximum absolute atomic E-state index is 12.1. The Morgan fingerprint density at radius 1 is 1.10 bits per heavy atom. The van der Waals surface area contributed by atoms with E-state index in [0.717, 1.165) is 11.3 Å². The number of carbonyl (C=O) groups excluding carboxylic acids is 1. The highest BCUT2D eigenvalue weighted by atomic mass is 16.5. The molecule has 0 amide bonds. The molecule has 0 heterocycles. The van der Waals surface area contributed by atoms with Gasteiger partial charge in [-0.25, -0.2) is 0 Å². The fourth-order valence-electron chi connectivity index (χ4n) is 1.70. The molecule has 4 heteroatoms. The summed E-state index contributed by atoms with van der Waals surface area (Å²) in [6.07, 6.45) is 0.328. The molecule has 1 rings (SSSR count). The molecule has 0 saturated carbocycles. The zero-order valence-electron chi connectivity index (χ0n) is 13.8. The summed E-state index contributed by atoms with van der Waals surface area (Å²) in [5.41, 5.74) is 1.86. The van der Waals surface area contributed by atoms with Crippen molar-refractivity contribution in [3.63, 3.8) is 0 Å². The lowest BCUT2D eigenvalue weighted by atomic mass is 9.91. The molecule has 116 valence electrons. The molecule has 0 aliphatic carbocycles. The van der Waals surface area contributed by atoms with Gasteiger partial charge in [0.05, 0.1) is 20.8 Å². The fourth-order valence-corrected chi connectivity index (χ4v) is 1.70. The Bertz CT molecular complexity index is 505. The van der Waals surface area contributed by atoms with Crippen molar-refractivity contribution in [3.05, 3.63) is 23.8 Å². The molecule has 0 saturated heterocycles. The summed E-state index contributed by atoms with van der Waals surface area (Å²) < 4.78 is 10.4. The molecule has 0 atom stereocenters. The molecule has 0 aliphatic heterocycles. The van der Waals surface area contributed by atoms with Crippen molar-refractivity contribution in [2.45, 2.75) is 34.1 Å². The summed E-state index contributed by atoms with van der Waals surface area (Å²) in [6.45, 7) is 8.43. The number of Topliss-reactive ketones (excluding diaryl/α,β-unsaturated/α-hetero) is 1. The SMILES string of the molecule is COc1cc(CC(=O)CN=C(C)C(C)(C)C)cc(OC)c1. The molecule has 0 bridgehead atoms. The fraction of sp³-hybridized carbons (Fsp3) is 0.529. The standard InChI is InChI=1S/C17H25NO3/c1-12(17(2,3)4)18-11-14(19)7-13-8-15(20-5)10-16(9-13)21-6/h8-10H,7,11H2,1-6H3. The average molecular weight is 291 g/mol. The Kier molecular flexibility index (Phi) is 5.94. The summed E-state index contributed by atoms with van der Waals surface area (Å²) in [7, 11) is 3.19. The van der Waals surface area contributed by atoms with Crippen LogP contribution in [0.1, 0.15) is 33.3 Å². The Morgan fingerprint density at radius 3 is 2.05 bits per heavy atom. The van der Waals surface area contributed by atoms with E-state index in [2.05, 4.69) is 25.8 Å². The van der Waals surface area contributed by atoms with Gasteiger partial charge in [-0.05, 0) is 30.0 Å². The zero-order valence-corrected chi connectivity index (χ0v) is 13.8. The Hall–Kier alpha value is -1.84. The molecule has 0 N–H and O–H groups in total. The highest BCUT2D eigenvalue weighted by Gasteiger charge is 2.14. The highest BCUT2D eigenvalue weighted by molar-refractivity contribution is 5.90. The number of methoxy groups -OCH3 is 2. The maximum atomic E-state index is 12.1. The first-order valence-electron chi connectivity index (χ1n) is 7.01. The number of hydrogen-bond donors (Lipinski definition) is 0. The smallest absolute Gasteiger partial charge is 0.158 e. The normalized spacial score (nSPS) is 12.2. The van der Waals surface area contributed by atoms with Crippen LogP contribution >= 0.6 is 0 Å². The predicted molar refractivity (Wildman–Crippen MR) is 85.7 cm³/mol. The lowest BCUT2D eigenvalue weighted by molar-refractivity contribution is -0.117. The van der Waals surface area contributed by atoms with Gasteiger partial charge in [0, 0.05) is 18.2 Å². The second-order valence-corrected chi connectivity index (χ2v) is 6.09. The van der Waals surface area contributed by atoms with Gasteiger partial charge in [0.15, 0.2) is 5.78 Å². The van der Waals surface area contributed by atoms with Crippen LogP contribution in [0.25, 0.3) is 0 Å². The summed E-state index contributed by atoms with van der Waals surface area (Å²) in [5.74, 6) is 1.45. The van der Waals surface area contributed by atoms with E-state index in [0.29, 0.717) is 17.9 Å². The number of carbonyl (C=O) groups is 1. The van der Waals surface area contributed by atoms with Crippen LogP contribution in [0.4, 0.5) is 0 Å². The van der Waals surface area contributed by atoms with Gasteiger partial charge in [-0.15, -0.1) is 0 Å². The van der Waals surface area contributed by atoms with Crippen LogP contribution < -0.4 is 9.47 Å². The number of nitrogens with zero attached hydrogens (tertiary/aromatic N) is 1. The average Bonchev–Trinajstić information content (AvgIpc) is 2.43. The van der Waals surface area contributed by atoms with Crippen molar-refractivity contribution >= 4 is 11.5 Å². The second-order valence-electron chi connectivity index (χ2n) is 6.09. The summed E-state index contributed by atoms with van der Waals surface area (Å²) >= 11 is 0. The van der Waals surface area contributed by atoms with Gasteiger partial charge in [-0.1, -0.05) is 20.8 Å². The molecule has 0 spiro atoms. The molecule has 1 aromatic rings. The molecule has 0 unspecified atom stereocenters. The highest BCUT2D eigenvalue weighted by Crippen LogP contribution is 2.23. The van der Waals surface area contributed by atoms with E-state index in [9.17, 15) is 4.79 Å². The Balaban J connectivity index is 2.75. The predicted octanol–water partition coefficient (Wildman–Crippen LogP) is 3.32. The molecule has 0 aromatic heterocycles. The molecule has 4 nitrogen and oxygen atoms in total. The zero-order chi connectivity index (χ0) is 16.0. The molecular formula is C17H25NO3. The van der Waals surface area contributed by atoms with E-state index in [1.54, 1.807) is 20.3 Å². The van der Waals surface area contributed by atoms with Crippen LogP contribution in [0.2, 0.25) is 0 Å². The van der Waals surface area contributed by atoms with E-state index in [1.807, 2.05) is 19.1 Å². The van der Waals surface area contributed by atoms with E-state index in [-0.39, 0.29) is 17.7 Å². The topological polar surface area (TPSA) is 47.9 Å².